The summed E-state index contributed by atoms with van der Waals surface area (Å²) >= 11 is 0. The first-order valence-corrected chi connectivity index (χ1v) is 3.96. The lowest BCUT2D eigenvalue weighted by molar-refractivity contribution is -0.140. The number of hydrogen-bond donors (Lipinski definition) is 1. The van der Waals surface area contributed by atoms with E-state index in [9.17, 15) is 18.4 Å². The summed E-state index contributed by atoms with van der Waals surface area (Å²) in [7, 11) is 1.28. The Hall–Kier alpha value is -1.40. The van der Waals surface area contributed by atoms with Gasteiger partial charge < -0.3 is 14.9 Å². The van der Waals surface area contributed by atoms with Gasteiger partial charge in [0.2, 0.25) is 0 Å². The second-order valence-corrected chi connectivity index (χ2v) is 3.04. The number of alkyl halides is 2. The first-order valence-electron chi connectivity index (χ1n) is 3.96. The number of halogens is 2. The number of hydrogen-bond acceptors (Lipinski definition) is 2. The van der Waals surface area contributed by atoms with Crippen LogP contribution in [0.3, 0.4) is 0 Å². The van der Waals surface area contributed by atoms with Crippen LogP contribution in [-0.2, 0) is 4.79 Å². The zero-order valence-corrected chi connectivity index (χ0v) is 7.48. The first kappa shape index (κ1) is 10.7. The molecule has 1 fully saturated rings. The molecule has 0 aromatic heterocycles. The summed E-state index contributed by atoms with van der Waals surface area (Å²) in [5.74, 6) is -1.18. The van der Waals surface area contributed by atoms with Crippen molar-refractivity contribution >= 4 is 12.0 Å². The standard InChI is InChI=1S/C7H10F2N2O3/c1-10-4(6(12)13)2-11(7(10)14)3-5(8)9/h4-5H,2-3H2,1H3,(H,12,13)/t4-/m0/s1. The number of carboxylic acids is 1. The quantitative estimate of drug-likeness (QED) is 0.714. The van der Waals surface area contributed by atoms with Gasteiger partial charge >= 0.3 is 12.0 Å². The van der Waals surface area contributed by atoms with E-state index in [1.54, 1.807) is 0 Å². The van der Waals surface area contributed by atoms with E-state index in [-0.39, 0.29) is 6.54 Å². The van der Waals surface area contributed by atoms with Crippen LogP contribution in [0, 0.1) is 0 Å². The van der Waals surface area contributed by atoms with Gasteiger partial charge in [0.1, 0.15) is 6.04 Å². The number of amides is 2. The molecule has 1 heterocycles. The maximum absolute atomic E-state index is 12.0. The van der Waals surface area contributed by atoms with Gasteiger partial charge in [0.25, 0.3) is 6.43 Å². The predicted molar refractivity (Wildman–Crippen MR) is 42.2 cm³/mol. The molecule has 1 rings (SSSR count). The van der Waals surface area contributed by atoms with Crippen LogP contribution < -0.4 is 0 Å². The van der Waals surface area contributed by atoms with E-state index in [1.165, 1.54) is 7.05 Å². The van der Waals surface area contributed by atoms with Gasteiger partial charge in [-0.2, -0.15) is 0 Å². The Kier molecular flexibility index (Phi) is 2.87. The molecule has 1 N–H and O–H groups in total. The zero-order chi connectivity index (χ0) is 10.9. The SMILES string of the molecule is CN1C(=O)N(CC(F)F)C[C@H]1C(=O)O. The van der Waals surface area contributed by atoms with Gasteiger partial charge in [0, 0.05) is 7.05 Å². The molecule has 1 atom stereocenters. The van der Waals surface area contributed by atoms with E-state index < -0.39 is 31.0 Å². The molecule has 2 amide bonds. The fourth-order valence-electron chi connectivity index (χ4n) is 1.33. The number of urea groups is 1. The minimum Gasteiger partial charge on any atom is -0.480 e. The van der Waals surface area contributed by atoms with Crippen LogP contribution in [0.25, 0.3) is 0 Å². The number of rotatable bonds is 3. The van der Waals surface area contributed by atoms with Crippen LogP contribution in [0.5, 0.6) is 0 Å². The topological polar surface area (TPSA) is 60.9 Å². The molecule has 0 radical (unpaired) electrons. The van der Waals surface area contributed by atoms with Crippen molar-refractivity contribution < 1.29 is 23.5 Å². The summed E-state index contributed by atoms with van der Waals surface area (Å²) in [5, 5.41) is 8.65. The van der Waals surface area contributed by atoms with E-state index >= 15 is 0 Å². The Morgan fingerprint density at radius 3 is 2.64 bits per heavy atom. The van der Waals surface area contributed by atoms with Gasteiger partial charge in [0.15, 0.2) is 0 Å². The lowest BCUT2D eigenvalue weighted by Gasteiger charge is -2.14. The second kappa shape index (κ2) is 3.77. The van der Waals surface area contributed by atoms with Crippen molar-refractivity contribution in [2.45, 2.75) is 12.5 Å². The molecule has 1 saturated heterocycles. The highest BCUT2D eigenvalue weighted by atomic mass is 19.3. The fraction of sp³-hybridized carbons (Fsp3) is 0.714. The lowest BCUT2D eigenvalue weighted by Crippen LogP contribution is -2.36. The third-order valence-electron chi connectivity index (χ3n) is 2.08. The minimum absolute atomic E-state index is 0.186. The van der Waals surface area contributed by atoms with Crippen molar-refractivity contribution in [1.29, 1.82) is 0 Å². The Labute approximate surface area is 78.9 Å². The van der Waals surface area contributed by atoms with E-state index in [2.05, 4.69) is 0 Å². The van der Waals surface area contributed by atoms with Crippen LogP contribution in [-0.4, -0.2) is 59.5 Å². The highest BCUT2D eigenvalue weighted by Crippen LogP contribution is 2.15. The lowest BCUT2D eigenvalue weighted by atomic mass is 10.3. The Bertz CT molecular complexity index is 259. The normalized spacial score (nSPS) is 22.3. The highest BCUT2D eigenvalue weighted by Gasteiger charge is 2.39. The largest absolute Gasteiger partial charge is 0.480 e. The molecular weight excluding hydrogens is 198 g/mol. The Morgan fingerprint density at radius 1 is 1.71 bits per heavy atom. The van der Waals surface area contributed by atoms with Crippen molar-refractivity contribution in [3.05, 3.63) is 0 Å². The number of likely N-dealkylation sites (N-methyl/N-ethyl adjacent to an activating group) is 1. The number of carbonyl (C=O) groups is 2. The molecule has 0 bridgehead atoms. The van der Waals surface area contributed by atoms with Gasteiger partial charge in [-0.15, -0.1) is 0 Å². The molecule has 0 spiro atoms. The first-order chi connectivity index (χ1) is 6.43. The van der Waals surface area contributed by atoms with Crippen LogP contribution >= 0.6 is 0 Å². The summed E-state index contributed by atoms with van der Waals surface area (Å²) < 4.78 is 23.9. The minimum atomic E-state index is -2.64. The van der Waals surface area contributed by atoms with Crippen LogP contribution in [0.2, 0.25) is 0 Å². The van der Waals surface area contributed by atoms with Crippen LogP contribution in [0.4, 0.5) is 13.6 Å². The summed E-state index contributed by atoms with van der Waals surface area (Å²) in [6.07, 6.45) is -2.64. The van der Waals surface area contributed by atoms with Crippen molar-refractivity contribution in [1.82, 2.24) is 9.80 Å². The molecular formula is C7H10F2N2O3. The van der Waals surface area contributed by atoms with Crippen molar-refractivity contribution in [3.8, 4) is 0 Å². The Balaban J connectivity index is 2.67. The average Bonchev–Trinajstić information content (AvgIpc) is 2.32. The van der Waals surface area contributed by atoms with Gasteiger partial charge in [-0.1, -0.05) is 0 Å². The number of nitrogens with zero attached hydrogens (tertiary/aromatic N) is 2. The van der Waals surface area contributed by atoms with Gasteiger partial charge in [-0.3, -0.25) is 0 Å². The molecule has 0 aliphatic carbocycles. The third-order valence-corrected chi connectivity index (χ3v) is 2.08. The smallest absolute Gasteiger partial charge is 0.328 e. The zero-order valence-electron chi connectivity index (χ0n) is 7.48. The molecule has 0 unspecified atom stereocenters. The van der Waals surface area contributed by atoms with E-state index in [0.717, 1.165) is 9.80 Å². The van der Waals surface area contributed by atoms with E-state index in [1.807, 2.05) is 0 Å². The summed E-state index contributed by atoms with van der Waals surface area (Å²) in [6.45, 7) is -0.901. The molecule has 0 saturated carbocycles. The van der Waals surface area contributed by atoms with E-state index in [0.29, 0.717) is 0 Å². The summed E-state index contributed by atoms with van der Waals surface area (Å²) in [4.78, 5) is 23.6. The summed E-state index contributed by atoms with van der Waals surface area (Å²) in [5.41, 5.74) is 0. The molecule has 1 aliphatic heterocycles. The second-order valence-electron chi connectivity index (χ2n) is 3.04. The van der Waals surface area contributed by atoms with Crippen molar-refractivity contribution in [2.24, 2.45) is 0 Å². The van der Waals surface area contributed by atoms with Gasteiger partial charge in [0.05, 0.1) is 13.1 Å². The van der Waals surface area contributed by atoms with Gasteiger partial charge in [-0.05, 0) is 0 Å². The monoisotopic (exact) mass is 208 g/mol. The van der Waals surface area contributed by atoms with Crippen molar-refractivity contribution in [3.63, 3.8) is 0 Å². The highest BCUT2D eigenvalue weighted by molar-refractivity contribution is 5.86. The molecule has 1 aliphatic rings. The van der Waals surface area contributed by atoms with Crippen molar-refractivity contribution in [2.75, 3.05) is 20.1 Å². The number of carbonyl (C=O) groups excluding carboxylic acids is 1. The summed E-state index contributed by atoms with van der Waals surface area (Å²) in [6, 6.07) is -1.70. The maximum atomic E-state index is 12.0. The molecule has 0 aromatic carbocycles. The maximum Gasteiger partial charge on any atom is 0.328 e. The van der Waals surface area contributed by atoms with Crippen LogP contribution in [0.15, 0.2) is 0 Å². The molecule has 80 valence electrons. The average molecular weight is 208 g/mol. The molecule has 0 aromatic rings. The predicted octanol–water partition coefficient (Wildman–Crippen LogP) is 0.0721. The number of carboxylic acid groups (broad SMARTS) is 1. The van der Waals surface area contributed by atoms with E-state index in [4.69, 9.17) is 5.11 Å². The third kappa shape index (κ3) is 1.91. The van der Waals surface area contributed by atoms with Gasteiger partial charge in [-0.25, -0.2) is 18.4 Å². The van der Waals surface area contributed by atoms with Crippen LogP contribution in [0.1, 0.15) is 0 Å². The molecule has 14 heavy (non-hydrogen) atoms. The number of aliphatic carboxylic acids is 1. The molecule has 7 heteroatoms. The molecule has 5 nitrogen and oxygen atoms in total. The fourth-order valence-corrected chi connectivity index (χ4v) is 1.33. The Morgan fingerprint density at radius 2 is 2.29 bits per heavy atom.